The fraction of sp³-hybridized carbons (Fsp3) is 0.462. The first-order valence-corrected chi connectivity index (χ1v) is 6.49. The quantitative estimate of drug-likeness (QED) is 0.862. The summed E-state index contributed by atoms with van der Waals surface area (Å²) in [6.45, 7) is 4.67. The van der Waals surface area contributed by atoms with E-state index in [9.17, 15) is 4.79 Å². The first-order valence-electron chi connectivity index (χ1n) is 6.49. The minimum atomic E-state index is 0.0442. The summed E-state index contributed by atoms with van der Waals surface area (Å²) in [6.07, 6.45) is 5.41. The molecular formula is C13H17N5O. The lowest BCUT2D eigenvalue weighted by atomic mass is 10.1. The fourth-order valence-corrected chi connectivity index (χ4v) is 2.72. The first-order chi connectivity index (χ1) is 9.18. The Morgan fingerprint density at radius 3 is 2.74 bits per heavy atom. The van der Waals surface area contributed by atoms with Crippen molar-refractivity contribution in [2.45, 2.75) is 32.7 Å². The summed E-state index contributed by atoms with van der Waals surface area (Å²) in [5.41, 5.74) is 3.63. The maximum atomic E-state index is 12.6. The lowest BCUT2D eigenvalue weighted by Crippen LogP contribution is -2.31. The highest BCUT2D eigenvalue weighted by Gasteiger charge is 2.33. The third kappa shape index (κ3) is 1.93. The predicted octanol–water partition coefficient (Wildman–Crippen LogP) is 1.73. The highest BCUT2D eigenvalue weighted by Crippen LogP contribution is 2.33. The van der Waals surface area contributed by atoms with Crippen molar-refractivity contribution in [3.8, 4) is 0 Å². The van der Waals surface area contributed by atoms with Gasteiger partial charge in [0.05, 0.1) is 29.7 Å². The van der Waals surface area contributed by atoms with E-state index in [1.165, 1.54) is 0 Å². The van der Waals surface area contributed by atoms with E-state index in [1.54, 1.807) is 12.4 Å². The largest absolute Gasteiger partial charge is 0.330 e. The Kier molecular flexibility index (Phi) is 2.85. The molecule has 1 aliphatic heterocycles. The van der Waals surface area contributed by atoms with Crippen LogP contribution in [-0.2, 0) is 0 Å². The van der Waals surface area contributed by atoms with Gasteiger partial charge in [0.1, 0.15) is 0 Å². The van der Waals surface area contributed by atoms with Crippen LogP contribution in [0.25, 0.3) is 0 Å². The SMILES string of the molecule is Cc1cn[nH]c1[C@@H]1CCCN1C(=O)c1cn[nH]c1C. The van der Waals surface area contributed by atoms with Crippen LogP contribution in [0, 0.1) is 13.8 Å². The van der Waals surface area contributed by atoms with E-state index < -0.39 is 0 Å². The van der Waals surface area contributed by atoms with Crippen molar-refractivity contribution in [1.82, 2.24) is 25.3 Å². The Hall–Kier alpha value is -2.11. The van der Waals surface area contributed by atoms with Crippen LogP contribution in [0.2, 0.25) is 0 Å². The molecule has 0 bridgehead atoms. The molecular weight excluding hydrogens is 242 g/mol. The van der Waals surface area contributed by atoms with Gasteiger partial charge in [-0.3, -0.25) is 15.0 Å². The highest BCUT2D eigenvalue weighted by atomic mass is 16.2. The predicted molar refractivity (Wildman–Crippen MR) is 69.7 cm³/mol. The van der Waals surface area contributed by atoms with Crippen molar-refractivity contribution in [2.24, 2.45) is 0 Å². The van der Waals surface area contributed by atoms with Gasteiger partial charge >= 0.3 is 0 Å². The van der Waals surface area contributed by atoms with Gasteiger partial charge in [-0.1, -0.05) is 0 Å². The smallest absolute Gasteiger partial charge is 0.257 e. The summed E-state index contributed by atoms with van der Waals surface area (Å²) in [7, 11) is 0. The van der Waals surface area contributed by atoms with Gasteiger partial charge in [-0.15, -0.1) is 0 Å². The summed E-state index contributed by atoms with van der Waals surface area (Å²) < 4.78 is 0. The molecule has 2 N–H and O–H groups in total. The van der Waals surface area contributed by atoms with Crippen molar-refractivity contribution < 1.29 is 4.79 Å². The Morgan fingerprint density at radius 1 is 1.32 bits per heavy atom. The topological polar surface area (TPSA) is 77.7 Å². The molecule has 0 radical (unpaired) electrons. The number of aryl methyl sites for hydroxylation is 2. The number of carbonyl (C=O) groups excluding carboxylic acids is 1. The molecule has 0 spiro atoms. The third-order valence-electron chi connectivity index (χ3n) is 3.78. The van der Waals surface area contributed by atoms with Crippen LogP contribution < -0.4 is 0 Å². The molecule has 1 amide bonds. The summed E-state index contributed by atoms with van der Waals surface area (Å²) >= 11 is 0. The van der Waals surface area contributed by atoms with Gasteiger partial charge in [0.25, 0.3) is 5.91 Å². The standard InChI is InChI=1S/C13H17N5O/c1-8-6-14-17-12(8)11-4-3-5-18(11)13(19)10-7-15-16-9(10)2/h6-7,11H,3-5H2,1-2H3,(H,14,17)(H,15,16)/t11-/m0/s1. The van der Waals surface area contributed by atoms with Crippen molar-refractivity contribution >= 4 is 5.91 Å². The molecule has 0 aromatic carbocycles. The monoisotopic (exact) mass is 259 g/mol. The van der Waals surface area contributed by atoms with Crippen LogP contribution in [0.15, 0.2) is 12.4 Å². The fourth-order valence-electron chi connectivity index (χ4n) is 2.72. The van der Waals surface area contributed by atoms with Gasteiger partial charge in [0, 0.05) is 12.2 Å². The molecule has 2 aromatic rings. The molecule has 19 heavy (non-hydrogen) atoms. The van der Waals surface area contributed by atoms with Crippen molar-refractivity contribution in [2.75, 3.05) is 6.54 Å². The average molecular weight is 259 g/mol. The number of hydrogen-bond acceptors (Lipinski definition) is 3. The number of amides is 1. The maximum Gasteiger partial charge on any atom is 0.257 e. The van der Waals surface area contributed by atoms with Crippen molar-refractivity contribution in [3.63, 3.8) is 0 Å². The minimum absolute atomic E-state index is 0.0442. The van der Waals surface area contributed by atoms with Crippen molar-refractivity contribution in [3.05, 3.63) is 34.9 Å². The number of rotatable bonds is 2. The summed E-state index contributed by atoms with van der Waals surface area (Å²) in [5.74, 6) is 0.0442. The number of aromatic nitrogens is 4. The summed E-state index contributed by atoms with van der Waals surface area (Å²) in [5, 5.41) is 13.8. The number of nitrogens with one attached hydrogen (secondary N) is 2. The maximum absolute atomic E-state index is 12.6. The van der Waals surface area contributed by atoms with E-state index in [4.69, 9.17) is 0 Å². The van der Waals surface area contributed by atoms with Crippen molar-refractivity contribution in [1.29, 1.82) is 0 Å². The zero-order chi connectivity index (χ0) is 13.4. The average Bonchev–Trinajstić information content (AvgIpc) is 3.07. The Bertz CT molecular complexity index is 600. The third-order valence-corrected chi connectivity index (χ3v) is 3.78. The molecule has 3 heterocycles. The van der Waals surface area contributed by atoms with Crippen LogP contribution in [0.3, 0.4) is 0 Å². The van der Waals surface area contributed by atoms with E-state index in [0.717, 1.165) is 36.3 Å². The molecule has 1 aliphatic rings. The molecule has 1 fully saturated rings. The molecule has 6 heteroatoms. The molecule has 0 saturated carbocycles. The second kappa shape index (κ2) is 4.53. The molecule has 100 valence electrons. The second-order valence-corrected chi connectivity index (χ2v) is 5.03. The summed E-state index contributed by atoms with van der Waals surface area (Å²) in [6, 6.07) is 0.101. The number of carbonyl (C=O) groups is 1. The highest BCUT2D eigenvalue weighted by molar-refractivity contribution is 5.95. The lowest BCUT2D eigenvalue weighted by Gasteiger charge is -2.24. The van der Waals surface area contributed by atoms with Gasteiger partial charge in [0.15, 0.2) is 0 Å². The van der Waals surface area contributed by atoms with Crippen LogP contribution in [0.5, 0.6) is 0 Å². The molecule has 0 unspecified atom stereocenters. The summed E-state index contributed by atoms with van der Waals surface area (Å²) in [4.78, 5) is 14.5. The van der Waals surface area contributed by atoms with Gasteiger partial charge in [-0.05, 0) is 32.3 Å². The van der Waals surface area contributed by atoms with E-state index in [1.807, 2.05) is 18.7 Å². The molecule has 6 nitrogen and oxygen atoms in total. The van der Waals surface area contributed by atoms with Gasteiger partial charge in [-0.25, -0.2) is 0 Å². The Morgan fingerprint density at radius 2 is 2.11 bits per heavy atom. The molecule has 2 aromatic heterocycles. The van der Waals surface area contributed by atoms with Crippen LogP contribution in [0.4, 0.5) is 0 Å². The molecule has 1 atom stereocenters. The minimum Gasteiger partial charge on any atom is -0.330 e. The van der Waals surface area contributed by atoms with Gasteiger partial charge in [-0.2, -0.15) is 10.2 Å². The molecule has 3 rings (SSSR count). The van der Waals surface area contributed by atoms with E-state index in [2.05, 4.69) is 20.4 Å². The van der Waals surface area contributed by atoms with Crippen LogP contribution in [-0.4, -0.2) is 37.7 Å². The first kappa shape index (κ1) is 12.0. The molecule has 1 saturated heterocycles. The lowest BCUT2D eigenvalue weighted by molar-refractivity contribution is 0.0732. The number of nitrogens with zero attached hydrogens (tertiary/aromatic N) is 3. The normalized spacial score (nSPS) is 19.1. The second-order valence-electron chi connectivity index (χ2n) is 5.03. The van der Waals surface area contributed by atoms with E-state index >= 15 is 0 Å². The van der Waals surface area contributed by atoms with Gasteiger partial charge in [0.2, 0.25) is 0 Å². The van der Waals surface area contributed by atoms with Gasteiger partial charge < -0.3 is 4.90 Å². The van der Waals surface area contributed by atoms with Crippen LogP contribution in [0.1, 0.15) is 46.2 Å². The Balaban J connectivity index is 1.90. The molecule has 0 aliphatic carbocycles. The number of hydrogen-bond donors (Lipinski definition) is 2. The van der Waals surface area contributed by atoms with Crippen LogP contribution >= 0.6 is 0 Å². The number of H-pyrrole nitrogens is 2. The number of aromatic amines is 2. The number of likely N-dealkylation sites (tertiary alicyclic amines) is 1. The Labute approximate surface area is 111 Å². The van der Waals surface area contributed by atoms with E-state index in [0.29, 0.717) is 5.56 Å². The van der Waals surface area contributed by atoms with E-state index in [-0.39, 0.29) is 11.9 Å². The zero-order valence-corrected chi connectivity index (χ0v) is 11.1. The zero-order valence-electron chi connectivity index (χ0n) is 11.1.